The zero-order valence-corrected chi connectivity index (χ0v) is 13.9. The summed E-state index contributed by atoms with van der Waals surface area (Å²) in [5.41, 5.74) is 1.96. The molecule has 0 unspecified atom stereocenters. The van der Waals surface area contributed by atoms with Crippen molar-refractivity contribution in [2.24, 2.45) is 0 Å². The summed E-state index contributed by atoms with van der Waals surface area (Å²) in [4.78, 5) is 16.0. The molecule has 0 bridgehead atoms. The molecule has 2 N–H and O–H groups in total. The summed E-state index contributed by atoms with van der Waals surface area (Å²) >= 11 is 0. The second-order valence-corrected chi connectivity index (χ2v) is 6.29. The first kappa shape index (κ1) is 16.5. The summed E-state index contributed by atoms with van der Waals surface area (Å²) in [6.45, 7) is 1.22. The molecule has 24 heavy (non-hydrogen) atoms. The molecule has 6 heteroatoms. The van der Waals surface area contributed by atoms with Crippen molar-refractivity contribution >= 4 is 6.03 Å². The zero-order chi connectivity index (χ0) is 16.6. The second-order valence-electron chi connectivity index (χ2n) is 6.29. The van der Waals surface area contributed by atoms with Crippen LogP contribution in [-0.4, -0.2) is 33.4 Å². The molecule has 128 valence electrons. The molecule has 1 aliphatic carbocycles. The van der Waals surface area contributed by atoms with Gasteiger partial charge in [-0.2, -0.15) is 5.10 Å². The number of hydrogen-bond donors (Lipinski definition) is 2. The molecular formula is C18H25N5O. The van der Waals surface area contributed by atoms with E-state index >= 15 is 0 Å². The van der Waals surface area contributed by atoms with Crippen molar-refractivity contribution in [3.63, 3.8) is 0 Å². The Labute approximate surface area is 142 Å². The number of urea groups is 1. The molecule has 2 heterocycles. The lowest BCUT2D eigenvalue weighted by Gasteiger charge is -2.16. The van der Waals surface area contributed by atoms with E-state index in [-0.39, 0.29) is 6.03 Å². The third kappa shape index (κ3) is 4.81. The maximum atomic E-state index is 12.0. The van der Waals surface area contributed by atoms with E-state index in [1.807, 2.05) is 29.1 Å². The summed E-state index contributed by atoms with van der Waals surface area (Å²) in [7, 11) is 0. The Morgan fingerprint density at radius 1 is 1.12 bits per heavy atom. The van der Waals surface area contributed by atoms with E-state index in [1.54, 1.807) is 12.4 Å². The molecule has 3 rings (SSSR count). The maximum Gasteiger partial charge on any atom is 0.315 e. The average Bonchev–Trinajstić information content (AvgIpc) is 2.93. The van der Waals surface area contributed by atoms with Crippen LogP contribution in [0, 0.1) is 0 Å². The first-order valence-corrected chi connectivity index (χ1v) is 8.79. The molecule has 1 aliphatic rings. The van der Waals surface area contributed by atoms with Gasteiger partial charge in [0, 0.05) is 36.7 Å². The van der Waals surface area contributed by atoms with E-state index in [1.165, 1.54) is 25.7 Å². The Bertz CT molecular complexity index is 632. The van der Waals surface area contributed by atoms with Crippen LogP contribution in [0.4, 0.5) is 4.79 Å². The monoisotopic (exact) mass is 327 g/mol. The summed E-state index contributed by atoms with van der Waals surface area (Å²) in [6, 6.07) is 6.11. The molecule has 2 aromatic heterocycles. The Morgan fingerprint density at radius 2 is 1.88 bits per heavy atom. The van der Waals surface area contributed by atoms with E-state index in [0.29, 0.717) is 19.1 Å². The lowest BCUT2D eigenvalue weighted by molar-refractivity contribution is 0.235. The molecule has 1 fully saturated rings. The molecule has 0 aliphatic heterocycles. The second kappa shape index (κ2) is 8.47. The number of carbonyl (C=O) groups is 1. The number of amides is 2. The standard InChI is InChI=1S/C18H25N5O/c24-18(21-16-5-3-1-2-4-6-16)20-12-14-23-13-9-17(22-23)15-7-10-19-11-8-15/h7-11,13,16H,1-6,12,14H2,(H2,20,21,24). The molecule has 2 amide bonds. The molecule has 0 saturated heterocycles. The molecule has 0 aromatic carbocycles. The minimum atomic E-state index is -0.0663. The minimum Gasteiger partial charge on any atom is -0.336 e. The summed E-state index contributed by atoms with van der Waals surface area (Å²) in [6.07, 6.45) is 12.7. The highest BCUT2D eigenvalue weighted by atomic mass is 16.2. The van der Waals surface area contributed by atoms with Crippen LogP contribution in [0.15, 0.2) is 36.8 Å². The van der Waals surface area contributed by atoms with Gasteiger partial charge in [0.25, 0.3) is 0 Å². The maximum absolute atomic E-state index is 12.0. The number of hydrogen-bond acceptors (Lipinski definition) is 3. The molecule has 0 spiro atoms. The van der Waals surface area contributed by atoms with Gasteiger partial charge in [-0.1, -0.05) is 25.7 Å². The van der Waals surface area contributed by atoms with E-state index in [2.05, 4.69) is 20.7 Å². The molecule has 0 atom stereocenters. The van der Waals surface area contributed by atoms with Crippen LogP contribution in [0.1, 0.15) is 38.5 Å². The van der Waals surface area contributed by atoms with Crippen molar-refractivity contribution in [2.45, 2.75) is 51.1 Å². The van der Waals surface area contributed by atoms with Crippen molar-refractivity contribution in [1.82, 2.24) is 25.4 Å². The molecule has 0 radical (unpaired) electrons. The van der Waals surface area contributed by atoms with E-state index in [9.17, 15) is 4.79 Å². The van der Waals surface area contributed by atoms with Gasteiger partial charge in [-0.3, -0.25) is 9.67 Å². The molecular weight excluding hydrogens is 302 g/mol. The fourth-order valence-electron chi connectivity index (χ4n) is 3.11. The lowest BCUT2D eigenvalue weighted by Crippen LogP contribution is -2.42. The first-order chi connectivity index (χ1) is 11.8. The predicted octanol–water partition coefficient (Wildman–Crippen LogP) is 2.97. The number of carbonyl (C=O) groups excluding carboxylic acids is 1. The summed E-state index contributed by atoms with van der Waals surface area (Å²) in [5.74, 6) is 0. The van der Waals surface area contributed by atoms with Crippen LogP contribution >= 0.6 is 0 Å². The van der Waals surface area contributed by atoms with Gasteiger partial charge in [-0.15, -0.1) is 0 Å². The van der Waals surface area contributed by atoms with Crippen LogP contribution in [0.25, 0.3) is 11.3 Å². The van der Waals surface area contributed by atoms with E-state index in [0.717, 1.165) is 24.1 Å². The van der Waals surface area contributed by atoms with E-state index < -0.39 is 0 Å². The minimum absolute atomic E-state index is 0.0663. The highest BCUT2D eigenvalue weighted by Crippen LogP contribution is 2.17. The smallest absolute Gasteiger partial charge is 0.315 e. The largest absolute Gasteiger partial charge is 0.336 e. The van der Waals surface area contributed by atoms with E-state index in [4.69, 9.17) is 0 Å². The lowest BCUT2D eigenvalue weighted by atomic mass is 10.1. The van der Waals surface area contributed by atoms with Crippen LogP contribution in [0.2, 0.25) is 0 Å². The van der Waals surface area contributed by atoms with Gasteiger partial charge in [0.1, 0.15) is 0 Å². The third-order valence-electron chi connectivity index (χ3n) is 4.43. The highest BCUT2D eigenvalue weighted by Gasteiger charge is 2.14. The van der Waals surface area contributed by atoms with Gasteiger partial charge in [0.2, 0.25) is 0 Å². The first-order valence-electron chi connectivity index (χ1n) is 8.79. The SMILES string of the molecule is O=C(NCCn1ccc(-c2ccncc2)n1)NC1CCCCCC1. The average molecular weight is 327 g/mol. The van der Waals surface area contributed by atoms with Crippen molar-refractivity contribution in [2.75, 3.05) is 6.54 Å². The number of nitrogens with zero attached hydrogens (tertiary/aromatic N) is 3. The Morgan fingerprint density at radius 3 is 2.62 bits per heavy atom. The van der Waals surface area contributed by atoms with Gasteiger partial charge in [0.05, 0.1) is 12.2 Å². The topological polar surface area (TPSA) is 71.8 Å². The summed E-state index contributed by atoms with van der Waals surface area (Å²) in [5, 5.41) is 10.5. The Kier molecular flexibility index (Phi) is 5.82. The Hall–Kier alpha value is -2.37. The van der Waals surface area contributed by atoms with Gasteiger partial charge in [-0.05, 0) is 31.0 Å². The fourth-order valence-corrected chi connectivity index (χ4v) is 3.11. The summed E-state index contributed by atoms with van der Waals surface area (Å²) < 4.78 is 1.85. The highest BCUT2D eigenvalue weighted by molar-refractivity contribution is 5.74. The van der Waals surface area contributed by atoms with Gasteiger partial charge in [-0.25, -0.2) is 4.79 Å². The number of nitrogens with one attached hydrogen (secondary N) is 2. The van der Waals surface area contributed by atoms with Crippen molar-refractivity contribution in [1.29, 1.82) is 0 Å². The molecule has 1 saturated carbocycles. The van der Waals surface area contributed by atoms with Gasteiger partial charge < -0.3 is 10.6 Å². The van der Waals surface area contributed by atoms with Crippen LogP contribution < -0.4 is 10.6 Å². The predicted molar refractivity (Wildman–Crippen MR) is 93.5 cm³/mol. The van der Waals surface area contributed by atoms with Gasteiger partial charge in [0.15, 0.2) is 0 Å². The number of pyridine rings is 1. The number of aromatic nitrogens is 3. The van der Waals surface area contributed by atoms with Crippen LogP contribution in [-0.2, 0) is 6.54 Å². The van der Waals surface area contributed by atoms with Gasteiger partial charge >= 0.3 is 6.03 Å². The normalized spacial score (nSPS) is 15.7. The van der Waals surface area contributed by atoms with Crippen molar-refractivity contribution in [3.05, 3.63) is 36.8 Å². The molecule has 2 aromatic rings. The Balaban J connectivity index is 1.41. The fraction of sp³-hybridized carbons (Fsp3) is 0.500. The van der Waals surface area contributed by atoms with Crippen molar-refractivity contribution < 1.29 is 4.79 Å². The van der Waals surface area contributed by atoms with Crippen molar-refractivity contribution in [3.8, 4) is 11.3 Å². The zero-order valence-electron chi connectivity index (χ0n) is 13.9. The van der Waals surface area contributed by atoms with Crippen LogP contribution in [0.3, 0.4) is 0 Å². The molecule has 6 nitrogen and oxygen atoms in total. The quantitative estimate of drug-likeness (QED) is 0.829. The third-order valence-corrected chi connectivity index (χ3v) is 4.43. The van der Waals surface area contributed by atoms with Crippen LogP contribution in [0.5, 0.6) is 0 Å². The number of rotatable bonds is 5.